The van der Waals surface area contributed by atoms with Crippen LogP contribution in [0.15, 0.2) is 34.7 Å². The second kappa shape index (κ2) is 6.97. The maximum Gasteiger partial charge on any atom is 0.246 e. The first kappa shape index (κ1) is 18.2. The molecule has 1 aromatic carbocycles. The van der Waals surface area contributed by atoms with Crippen molar-refractivity contribution in [1.82, 2.24) is 4.31 Å². The van der Waals surface area contributed by atoms with Gasteiger partial charge in [-0.2, -0.15) is 4.31 Å². The monoisotopic (exact) mass is 367 g/mol. The molecule has 0 aliphatic carbocycles. The number of methoxy groups -OCH3 is 2. The molecule has 138 valence electrons. The van der Waals surface area contributed by atoms with Crippen LogP contribution < -0.4 is 9.47 Å². The van der Waals surface area contributed by atoms with Gasteiger partial charge in [-0.15, -0.1) is 0 Å². The molecule has 0 saturated carbocycles. The predicted molar refractivity (Wildman–Crippen MR) is 94.6 cm³/mol. The molecule has 1 fully saturated rings. The molecule has 7 heteroatoms. The van der Waals surface area contributed by atoms with Crippen LogP contribution in [-0.2, 0) is 14.8 Å². The fraction of sp³-hybridized carbons (Fsp3) is 0.556. The fourth-order valence-corrected chi connectivity index (χ4v) is 5.11. The third kappa shape index (κ3) is 3.54. The summed E-state index contributed by atoms with van der Waals surface area (Å²) in [6.07, 6.45) is 4.45. The Morgan fingerprint density at radius 2 is 1.88 bits per heavy atom. The van der Waals surface area contributed by atoms with Gasteiger partial charge >= 0.3 is 0 Å². The van der Waals surface area contributed by atoms with Gasteiger partial charge in [-0.05, 0) is 38.3 Å². The van der Waals surface area contributed by atoms with Crippen LogP contribution in [0.5, 0.6) is 11.5 Å². The van der Waals surface area contributed by atoms with Crippen LogP contribution in [0.3, 0.4) is 0 Å². The van der Waals surface area contributed by atoms with Crippen LogP contribution in [0.2, 0.25) is 0 Å². The number of sulfonamides is 1. The predicted octanol–water partition coefficient (Wildman–Crippen LogP) is 2.59. The molecule has 2 aliphatic rings. The van der Waals surface area contributed by atoms with Crippen molar-refractivity contribution in [2.75, 3.05) is 33.9 Å². The molecule has 3 rings (SSSR count). The van der Waals surface area contributed by atoms with Crippen molar-refractivity contribution in [3.63, 3.8) is 0 Å². The summed E-state index contributed by atoms with van der Waals surface area (Å²) in [6.45, 7) is 3.66. The van der Waals surface area contributed by atoms with Crippen molar-refractivity contribution < 1.29 is 22.6 Å². The van der Waals surface area contributed by atoms with E-state index in [0.29, 0.717) is 44.0 Å². The number of hydrogen-bond acceptors (Lipinski definition) is 5. The SMILES string of the molecule is COc1ccc(OC)c(S(=O)(=O)N2CCC3(C=C(C)CCO3)CC2)c1. The molecule has 0 unspecified atom stereocenters. The first-order chi connectivity index (χ1) is 11.9. The minimum absolute atomic E-state index is 0.140. The van der Waals surface area contributed by atoms with Crippen LogP contribution in [-0.4, -0.2) is 52.2 Å². The standard InChI is InChI=1S/C18H25NO5S/c1-14-6-11-24-18(13-14)7-9-19(10-8-18)25(20,21)17-12-15(22-2)4-5-16(17)23-3/h4-5,12-13H,6-11H2,1-3H3. The quantitative estimate of drug-likeness (QED) is 0.766. The van der Waals surface area contributed by atoms with Crippen molar-refractivity contribution in [2.24, 2.45) is 0 Å². The van der Waals surface area contributed by atoms with Crippen LogP contribution >= 0.6 is 0 Å². The van der Waals surface area contributed by atoms with Gasteiger partial charge in [0.2, 0.25) is 10.0 Å². The largest absolute Gasteiger partial charge is 0.497 e. The molecule has 0 aromatic heterocycles. The molecule has 0 amide bonds. The van der Waals surface area contributed by atoms with Crippen LogP contribution in [0.4, 0.5) is 0 Å². The molecular weight excluding hydrogens is 342 g/mol. The Morgan fingerprint density at radius 1 is 1.16 bits per heavy atom. The van der Waals surface area contributed by atoms with Gasteiger partial charge in [-0.25, -0.2) is 8.42 Å². The van der Waals surface area contributed by atoms with Gasteiger partial charge in [0.25, 0.3) is 0 Å². The Morgan fingerprint density at radius 3 is 2.48 bits per heavy atom. The van der Waals surface area contributed by atoms with E-state index in [1.165, 1.54) is 30.2 Å². The van der Waals surface area contributed by atoms with Gasteiger partial charge in [0.05, 0.1) is 26.4 Å². The van der Waals surface area contributed by atoms with Crippen molar-refractivity contribution in [3.05, 3.63) is 29.8 Å². The summed E-state index contributed by atoms with van der Waals surface area (Å²) in [5, 5.41) is 0. The summed E-state index contributed by atoms with van der Waals surface area (Å²) in [5.74, 6) is 0.813. The van der Waals surface area contributed by atoms with Crippen LogP contribution in [0, 0.1) is 0 Å². The van der Waals surface area contributed by atoms with Crippen molar-refractivity contribution in [2.45, 2.75) is 36.7 Å². The molecule has 2 heterocycles. The average molecular weight is 367 g/mol. The lowest BCUT2D eigenvalue weighted by atomic mass is 9.88. The van der Waals surface area contributed by atoms with E-state index in [0.717, 1.165) is 6.42 Å². The molecule has 1 saturated heterocycles. The minimum Gasteiger partial charge on any atom is -0.497 e. The summed E-state index contributed by atoms with van der Waals surface area (Å²) in [6, 6.07) is 4.82. The van der Waals surface area contributed by atoms with Gasteiger partial charge in [0, 0.05) is 19.2 Å². The lowest BCUT2D eigenvalue weighted by molar-refractivity contribution is -0.0462. The number of piperidine rings is 1. The van der Waals surface area contributed by atoms with E-state index in [4.69, 9.17) is 14.2 Å². The topological polar surface area (TPSA) is 65.1 Å². The summed E-state index contributed by atoms with van der Waals surface area (Å²) < 4.78 is 44.1. The second-order valence-corrected chi connectivity index (χ2v) is 8.48. The highest BCUT2D eigenvalue weighted by Crippen LogP contribution is 2.37. The van der Waals surface area contributed by atoms with E-state index >= 15 is 0 Å². The number of ether oxygens (including phenoxy) is 3. The van der Waals surface area contributed by atoms with Gasteiger partial charge in [0.1, 0.15) is 16.4 Å². The number of nitrogens with zero attached hydrogens (tertiary/aromatic N) is 1. The average Bonchev–Trinajstić information content (AvgIpc) is 2.61. The highest BCUT2D eigenvalue weighted by molar-refractivity contribution is 7.89. The molecule has 0 atom stereocenters. The summed E-state index contributed by atoms with van der Waals surface area (Å²) in [7, 11) is -0.675. The molecule has 0 N–H and O–H groups in total. The molecule has 0 bridgehead atoms. The van der Waals surface area contributed by atoms with Crippen LogP contribution in [0.25, 0.3) is 0 Å². The van der Waals surface area contributed by atoms with Crippen molar-refractivity contribution in [3.8, 4) is 11.5 Å². The Hall–Kier alpha value is -1.57. The molecule has 0 radical (unpaired) electrons. The zero-order valence-electron chi connectivity index (χ0n) is 14.9. The summed E-state index contributed by atoms with van der Waals surface area (Å²) >= 11 is 0. The van der Waals surface area contributed by atoms with Crippen molar-refractivity contribution in [1.29, 1.82) is 0 Å². The molecule has 1 spiro atoms. The smallest absolute Gasteiger partial charge is 0.246 e. The van der Waals surface area contributed by atoms with E-state index in [1.54, 1.807) is 12.1 Å². The summed E-state index contributed by atoms with van der Waals surface area (Å²) in [5.41, 5.74) is 1.00. The zero-order chi connectivity index (χ0) is 18.1. The Bertz CT molecular complexity index is 764. The molecule has 1 aromatic rings. The van der Waals surface area contributed by atoms with Gasteiger partial charge in [-0.1, -0.05) is 11.6 Å². The third-order valence-electron chi connectivity index (χ3n) is 4.95. The fourth-order valence-electron chi connectivity index (χ4n) is 3.50. The Balaban J connectivity index is 1.84. The molecule has 6 nitrogen and oxygen atoms in total. The summed E-state index contributed by atoms with van der Waals surface area (Å²) in [4.78, 5) is 0.140. The van der Waals surface area contributed by atoms with Gasteiger partial charge < -0.3 is 14.2 Å². The van der Waals surface area contributed by atoms with E-state index in [9.17, 15) is 8.42 Å². The highest BCUT2D eigenvalue weighted by atomic mass is 32.2. The number of hydrogen-bond donors (Lipinski definition) is 0. The molecule has 2 aliphatic heterocycles. The third-order valence-corrected chi connectivity index (χ3v) is 6.87. The van der Waals surface area contributed by atoms with E-state index in [2.05, 4.69) is 13.0 Å². The number of benzene rings is 1. The molecular formula is C18H25NO5S. The van der Waals surface area contributed by atoms with E-state index < -0.39 is 10.0 Å². The number of rotatable bonds is 4. The molecule has 25 heavy (non-hydrogen) atoms. The second-order valence-electron chi connectivity index (χ2n) is 6.57. The first-order valence-corrected chi connectivity index (χ1v) is 9.89. The van der Waals surface area contributed by atoms with E-state index in [1.807, 2.05) is 0 Å². The Labute approximate surface area is 149 Å². The van der Waals surface area contributed by atoms with Crippen molar-refractivity contribution >= 4 is 10.0 Å². The van der Waals surface area contributed by atoms with E-state index in [-0.39, 0.29) is 10.5 Å². The zero-order valence-corrected chi connectivity index (χ0v) is 15.8. The lowest BCUT2D eigenvalue weighted by Gasteiger charge is -2.41. The van der Waals surface area contributed by atoms with Crippen LogP contribution in [0.1, 0.15) is 26.2 Å². The lowest BCUT2D eigenvalue weighted by Crippen LogP contribution is -2.48. The maximum absolute atomic E-state index is 13.1. The first-order valence-electron chi connectivity index (χ1n) is 8.45. The highest BCUT2D eigenvalue weighted by Gasteiger charge is 2.40. The van der Waals surface area contributed by atoms with Gasteiger partial charge in [0.15, 0.2) is 0 Å². The van der Waals surface area contributed by atoms with Gasteiger partial charge in [-0.3, -0.25) is 0 Å². The minimum atomic E-state index is -3.65. The Kier molecular flexibility index (Phi) is 5.09. The maximum atomic E-state index is 13.1. The normalized spacial score (nSPS) is 21.0.